The second-order valence-corrected chi connectivity index (χ2v) is 5.95. The van der Waals surface area contributed by atoms with Gasteiger partial charge in [0, 0.05) is 0 Å². The van der Waals surface area contributed by atoms with Crippen molar-refractivity contribution in [1.82, 2.24) is 9.97 Å². The van der Waals surface area contributed by atoms with E-state index in [0.717, 1.165) is 14.2 Å². The highest BCUT2D eigenvalue weighted by atomic mass is 35.5. The van der Waals surface area contributed by atoms with Crippen molar-refractivity contribution < 1.29 is 4.74 Å². The Kier molecular flexibility index (Phi) is 4.09. The summed E-state index contributed by atoms with van der Waals surface area (Å²) in [7, 11) is 1.57. The number of nitrogens with zero attached hydrogens (tertiary/aromatic N) is 2. The zero-order valence-corrected chi connectivity index (χ0v) is 11.6. The van der Waals surface area contributed by atoms with Crippen LogP contribution in [-0.4, -0.2) is 17.1 Å². The average molecular weight is 288 g/mol. The predicted octanol–water partition coefficient (Wildman–Crippen LogP) is 3.63. The largest absolute Gasteiger partial charge is 0.478 e. The van der Waals surface area contributed by atoms with Crippen molar-refractivity contribution in [2.24, 2.45) is 0 Å². The molecule has 2 heterocycles. The van der Waals surface area contributed by atoms with E-state index in [9.17, 15) is 0 Å². The molecule has 0 amide bonds. The highest BCUT2D eigenvalue weighted by Gasteiger charge is 2.07. The van der Waals surface area contributed by atoms with Gasteiger partial charge in [-0.25, -0.2) is 9.97 Å². The molecular weight excluding hydrogens is 278 g/mol. The first-order valence-corrected chi connectivity index (χ1v) is 6.76. The van der Waals surface area contributed by atoms with Gasteiger partial charge >= 0.3 is 0 Å². The summed E-state index contributed by atoms with van der Waals surface area (Å²) in [5, 5.41) is 0. The molecule has 0 aliphatic carbocycles. The van der Waals surface area contributed by atoms with Crippen LogP contribution in [0.15, 0.2) is 22.5 Å². The number of anilines is 1. The molecule has 90 valence electrons. The lowest BCUT2D eigenvalue weighted by Gasteiger charge is -2.07. The van der Waals surface area contributed by atoms with Gasteiger partial charge in [-0.05, 0) is 31.0 Å². The first-order valence-electron chi connectivity index (χ1n) is 4.75. The van der Waals surface area contributed by atoms with Gasteiger partial charge in [0.15, 0.2) is 5.82 Å². The maximum Gasteiger partial charge on any atom is 0.258 e. The van der Waals surface area contributed by atoms with Crippen molar-refractivity contribution >= 4 is 40.7 Å². The molecule has 0 aliphatic heterocycles. The summed E-state index contributed by atoms with van der Waals surface area (Å²) in [6.45, 7) is 1.87. The van der Waals surface area contributed by atoms with E-state index in [1.807, 2.05) is 19.1 Å². The first kappa shape index (κ1) is 12.5. The number of ether oxygens (including phenoxy) is 1. The molecule has 4 nitrogen and oxygen atoms in total. The maximum atomic E-state index is 5.85. The van der Waals surface area contributed by atoms with Crippen LogP contribution in [0.25, 0.3) is 0 Å². The quantitative estimate of drug-likeness (QED) is 0.870. The monoisotopic (exact) mass is 287 g/mol. The van der Waals surface area contributed by atoms with Crippen LogP contribution in [0, 0.1) is 6.92 Å². The van der Waals surface area contributed by atoms with Crippen LogP contribution in [-0.2, 0) is 0 Å². The number of rotatable bonds is 4. The molecule has 0 aromatic carbocycles. The van der Waals surface area contributed by atoms with E-state index in [1.54, 1.807) is 13.3 Å². The van der Waals surface area contributed by atoms with Crippen molar-refractivity contribution in [2.75, 3.05) is 11.8 Å². The highest BCUT2D eigenvalue weighted by molar-refractivity contribution is 8.02. The highest BCUT2D eigenvalue weighted by Crippen LogP contribution is 2.32. The number of methoxy groups -OCH3 is 1. The molecule has 0 saturated carbocycles. The number of aromatic nitrogens is 2. The topological polar surface area (TPSA) is 47.0 Å². The smallest absolute Gasteiger partial charge is 0.258 e. The van der Waals surface area contributed by atoms with Gasteiger partial charge in [-0.2, -0.15) is 0 Å². The molecule has 0 saturated heterocycles. The molecule has 0 radical (unpaired) electrons. The Morgan fingerprint density at radius 2 is 2.29 bits per heavy atom. The fourth-order valence-corrected chi connectivity index (χ4v) is 3.07. The fraction of sp³-hybridized carbons (Fsp3) is 0.200. The molecule has 0 aliphatic rings. The van der Waals surface area contributed by atoms with Crippen LogP contribution in [0.1, 0.15) is 5.69 Å². The molecule has 0 bridgehead atoms. The van der Waals surface area contributed by atoms with Gasteiger partial charge in [-0.15, -0.1) is 11.3 Å². The standard InChI is InChI=1S/C10H10ClN3OS2/c1-6-5-12-9(10(13-6)15-2)14-17-8-4-3-7(11)16-8/h3-5H,1-2H3,(H,12,14). The summed E-state index contributed by atoms with van der Waals surface area (Å²) in [5.74, 6) is 1.09. The van der Waals surface area contributed by atoms with E-state index in [4.69, 9.17) is 16.3 Å². The zero-order chi connectivity index (χ0) is 12.3. The molecule has 0 fully saturated rings. The van der Waals surface area contributed by atoms with Crippen molar-refractivity contribution in [3.05, 3.63) is 28.4 Å². The molecule has 7 heteroatoms. The van der Waals surface area contributed by atoms with E-state index >= 15 is 0 Å². The molecule has 2 aromatic heterocycles. The predicted molar refractivity (Wildman–Crippen MR) is 72.1 cm³/mol. The fourth-order valence-electron chi connectivity index (χ4n) is 1.12. The van der Waals surface area contributed by atoms with Crippen molar-refractivity contribution in [1.29, 1.82) is 0 Å². The summed E-state index contributed by atoms with van der Waals surface area (Å²) < 4.78 is 10.1. The Labute approximate surface area is 113 Å². The first-order chi connectivity index (χ1) is 8.19. The number of hydrogen-bond donors (Lipinski definition) is 1. The van der Waals surface area contributed by atoms with Gasteiger partial charge in [-0.3, -0.25) is 0 Å². The van der Waals surface area contributed by atoms with E-state index in [0.29, 0.717) is 11.7 Å². The minimum atomic E-state index is 0.486. The zero-order valence-electron chi connectivity index (χ0n) is 9.23. The summed E-state index contributed by atoms with van der Waals surface area (Å²) in [4.78, 5) is 8.45. The SMILES string of the molecule is COc1nc(C)cnc1NSc1ccc(Cl)s1. The number of nitrogens with one attached hydrogen (secondary N) is 1. The molecule has 2 aromatic rings. The minimum Gasteiger partial charge on any atom is -0.478 e. The third kappa shape index (κ3) is 3.24. The van der Waals surface area contributed by atoms with Crippen LogP contribution in [0.3, 0.4) is 0 Å². The van der Waals surface area contributed by atoms with Crippen molar-refractivity contribution in [2.45, 2.75) is 11.1 Å². The van der Waals surface area contributed by atoms with Crippen LogP contribution < -0.4 is 9.46 Å². The van der Waals surface area contributed by atoms with Crippen molar-refractivity contribution in [3.8, 4) is 5.88 Å². The number of thiophene rings is 1. The van der Waals surface area contributed by atoms with Gasteiger partial charge in [0.2, 0.25) is 0 Å². The van der Waals surface area contributed by atoms with Gasteiger partial charge in [0.05, 0.1) is 27.5 Å². The molecule has 0 unspecified atom stereocenters. The van der Waals surface area contributed by atoms with Gasteiger partial charge in [0.1, 0.15) is 0 Å². The molecule has 1 N–H and O–H groups in total. The Morgan fingerprint density at radius 3 is 2.94 bits per heavy atom. The molecule has 2 rings (SSSR count). The van der Waals surface area contributed by atoms with E-state index < -0.39 is 0 Å². The van der Waals surface area contributed by atoms with Crippen LogP contribution in [0.2, 0.25) is 4.34 Å². The third-order valence-electron chi connectivity index (χ3n) is 1.85. The van der Waals surface area contributed by atoms with Crippen molar-refractivity contribution in [3.63, 3.8) is 0 Å². The Morgan fingerprint density at radius 1 is 1.47 bits per heavy atom. The molecule has 0 atom stereocenters. The lowest BCUT2D eigenvalue weighted by Crippen LogP contribution is -1.98. The summed E-state index contributed by atoms with van der Waals surface area (Å²) >= 11 is 8.78. The lowest BCUT2D eigenvalue weighted by atomic mass is 10.5. The van der Waals surface area contributed by atoms with E-state index in [-0.39, 0.29) is 0 Å². The average Bonchev–Trinajstić information content (AvgIpc) is 2.73. The van der Waals surface area contributed by atoms with E-state index in [2.05, 4.69) is 14.7 Å². The lowest BCUT2D eigenvalue weighted by molar-refractivity contribution is 0.397. The Balaban J connectivity index is 2.08. The Bertz CT molecular complexity index is 518. The number of hydrogen-bond acceptors (Lipinski definition) is 6. The summed E-state index contributed by atoms with van der Waals surface area (Å²) in [6.07, 6.45) is 1.69. The van der Waals surface area contributed by atoms with Gasteiger partial charge in [-0.1, -0.05) is 11.6 Å². The minimum absolute atomic E-state index is 0.486. The summed E-state index contributed by atoms with van der Waals surface area (Å²) in [6, 6.07) is 3.80. The molecular formula is C10H10ClN3OS2. The van der Waals surface area contributed by atoms with Crippen LogP contribution in [0.5, 0.6) is 5.88 Å². The molecule has 17 heavy (non-hydrogen) atoms. The third-order valence-corrected chi connectivity index (χ3v) is 4.01. The van der Waals surface area contributed by atoms with Gasteiger partial charge < -0.3 is 9.46 Å². The van der Waals surface area contributed by atoms with Crippen LogP contribution in [0.4, 0.5) is 5.82 Å². The maximum absolute atomic E-state index is 5.85. The second kappa shape index (κ2) is 5.57. The summed E-state index contributed by atoms with van der Waals surface area (Å²) in [5.41, 5.74) is 0.816. The van der Waals surface area contributed by atoms with E-state index in [1.165, 1.54) is 23.3 Å². The second-order valence-electron chi connectivity index (χ2n) is 3.13. The van der Waals surface area contributed by atoms with Crippen LogP contribution >= 0.6 is 34.9 Å². The Hall–Kier alpha value is -0.980. The van der Waals surface area contributed by atoms with Gasteiger partial charge in [0.25, 0.3) is 5.88 Å². The number of halogens is 1. The molecule has 0 spiro atoms. The normalized spacial score (nSPS) is 10.3. The number of aryl methyl sites for hydroxylation is 1.